The molecule has 0 aromatic heterocycles. The second-order valence-corrected chi connectivity index (χ2v) is 6.26. The van der Waals surface area contributed by atoms with Crippen molar-refractivity contribution in [2.75, 3.05) is 20.1 Å². The van der Waals surface area contributed by atoms with Gasteiger partial charge in [-0.25, -0.2) is 0 Å². The first-order valence-corrected chi connectivity index (χ1v) is 7.26. The van der Waals surface area contributed by atoms with E-state index >= 15 is 0 Å². The molecule has 0 aromatic rings. The van der Waals surface area contributed by atoms with Crippen molar-refractivity contribution < 1.29 is 5.11 Å². The Hall–Kier alpha value is -0.120. The Morgan fingerprint density at radius 2 is 1.35 bits per heavy atom. The van der Waals surface area contributed by atoms with Gasteiger partial charge in [0.05, 0.1) is 5.60 Å². The molecule has 0 radical (unpaired) electrons. The number of aliphatic hydroxyl groups is 1. The number of hydrogen-bond donors (Lipinski definition) is 2. The Labute approximate surface area is 105 Å². The van der Waals surface area contributed by atoms with Crippen LogP contribution in [0.15, 0.2) is 0 Å². The highest BCUT2D eigenvalue weighted by atomic mass is 16.3. The van der Waals surface area contributed by atoms with Crippen LogP contribution in [0.5, 0.6) is 0 Å². The van der Waals surface area contributed by atoms with Crippen molar-refractivity contribution in [1.29, 1.82) is 0 Å². The van der Waals surface area contributed by atoms with Gasteiger partial charge in [0, 0.05) is 18.6 Å². The molecule has 17 heavy (non-hydrogen) atoms. The summed E-state index contributed by atoms with van der Waals surface area (Å²) < 4.78 is 0. The molecule has 1 heterocycles. The summed E-state index contributed by atoms with van der Waals surface area (Å²) in [4.78, 5) is 2.29. The van der Waals surface area contributed by atoms with Crippen molar-refractivity contribution in [2.45, 2.75) is 68.9 Å². The molecule has 1 saturated carbocycles. The molecule has 3 nitrogen and oxygen atoms in total. The molecule has 100 valence electrons. The van der Waals surface area contributed by atoms with E-state index in [2.05, 4.69) is 11.9 Å². The van der Waals surface area contributed by atoms with Gasteiger partial charge in [-0.15, -0.1) is 0 Å². The van der Waals surface area contributed by atoms with Crippen LogP contribution in [-0.2, 0) is 0 Å². The smallest absolute Gasteiger partial charge is 0.0850 e. The quantitative estimate of drug-likeness (QED) is 0.736. The largest absolute Gasteiger partial charge is 0.388 e. The van der Waals surface area contributed by atoms with Crippen LogP contribution in [0.2, 0.25) is 0 Å². The maximum Gasteiger partial charge on any atom is 0.0850 e. The van der Waals surface area contributed by atoms with Crippen molar-refractivity contribution in [3.8, 4) is 0 Å². The lowest BCUT2D eigenvalue weighted by molar-refractivity contribution is -0.0854. The summed E-state index contributed by atoms with van der Waals surface area (Å²) in [6.45, 7) is 1.96. The molecule has 0 spiro atoms. The molecule has 2 rings (SSSR count). The van der Waals surface area contributed by atoms with Gasteiger partial charge in [0.25, 0.3) is 0 Å². The van der Waals surface area contributed by atoms with Gasteiger partial charge in [-0.3, -0.25) is 0 Å². The number of likely N-dealkylation sites (tertiary alicyclic amines) is 1. The second-order valence-electron chi connectivity index (χ2n) is 6.26. The van der Waals surface area contributed by atoms with Crippen LogP contribution in [0.1, 0.15) is 57.8 Å². The first kappa shape index (κ1) is 13.3. The van der Waals surface area contributed by atoms with Crippen LogP contribution >= 0.6 is 0 Å². The number of hydrogen-bond acceptors (Lipinski definition) is 3. The zero-order chi connectivity index (χ0) is 12.4. The fourth-order valence-corrected chi connectivity index (χ4v) is 3.49. The third-order valence-electron chi connectivity index (χ3n) is 4.99. The SMILES string of the molecule is CN1CCC(O)(C2(N)CCCCCCC2)CC1. The average molecular weight is 240 g/mol. The van der Waals surface area contributed by atoms with E-state index in [0.717, 1.165) is 38.8 Å². The third-order valence-corrected chi connectivity index (χ3v) is 4.99. The van der Waals surface area contributed by atoms with Crippen LogP contribution in [-0.4, -0.2) is 41.3 Å². The number of nitrogens with zero attached hydrogens (tertiary/aromatic N) is 1. The fourth-order valence-electron chi connectivity index (χ4n) is 3.49. The van der Waals surface area contributed by atoms with Crippen molar-refractivity contribution >= 4 is 0 Å². The van der Waals surface area contributed by atoms with Crippen molar-refractivity contribution in [2.24, 2.45) is 5.73 Å². The lowest BCUT2D eigenvalue weighted by atomic mass is 9.68. The van der Waals surface area contributed by atoms with Gasteiger partial charge in [0.1, 0.15) is 0 Å². The minimum Gasteiger partial charge on any atom is -0.388 e. The topological polar surface area (TPSA) is 49.5 Å². The van der Waals surface area contributed by atoms with Gasteiger partial charge in [0.15, 0.2) is 0 Å². The maximum atomic E-state index is 10.9. The Balaban J connectivity index is 2.05. The summed E-state index contributed by atoms with van der Waals surface area (Å²) in [7, 11) is 2.13. The number of piperidine rings is 1. The second kappa shape index (κ2) is 5.25. The molecule has 2 aliphatic rings. The van der Waals surface area contributed by atoms with E-state index < -0.39 is 5.60 Å². The normalized spacial score (nSPS) is 30.5. The summed E-state index contributed by atoms with van der Waals surface area (Å²) in [5.41, 5.74) is 5.68. The van der Waals surface area contributed by atoms with Crippen molar-refractivity contribution in [3.05, 3.63) is 0 Å². The van der Waals surface area contributed by atoms with Gasteiger partial charge in [-0.05, 0) is 32.7 Å². The third kappa shape index (κ3) is 2.83. The summed E-state index contributed by atoms with van der Waals surface area (Å²) in [5.74, 6) is 0. The Kier molecular flexibility index (Phi) is 4.11. The first-order chi connectivity index (χ1) is 8.06. The fraction of sp³-hybridized carbons (Fsp3) is 1.00. The molecule has 0 atom stereocenters. The minimum absolute atomic E-state index is 0.325. The van der Waals surface area contributed by atoms with Crippen LogP contribution in [0, 0.1) is 0 Å². The van der Waals surface area contributed by atoms with E-state index in [1.54, 1.807) is 0 Å². The van der Waals surface area contributed by atoms with Crippen LogP contribution in [0.25, 0.3) is 0 Å². The predicted octanol–water partition coefficient (Wildman–Crippen LogP) is 1.88. The average Bonchev–Trinajstić information content (AvgIpc) is 2.28. The zero-order valence-electron chi connectivity index (χ0n) is 11.2. The van der Waals surface area contributed by atoms with Gasteiger partial charge in [0.2, 0.25) is 0 Å². The summed E-state index contributed by atoms with van der Waals surface area (Å²) in [6.07, 6.45) is 10.0. The van der Waals surface area contributed by atoms with E-state index in [1.165, 1.54) is 32.1 Å². The van der Waals surface area contributed by atoms with E-state index in [0.29, 0.717) is 0 Å². The minimum atomic E-state index is -0.614. The Bertz CT molecular complexity index is 239. The maximum absolute atomic E-state index is 10.9. The highest BCUT2D eigenvalue weighted by molar-refractivity contribution is 5.05. The number of nitrogens with two attached hydrogens (primary N) is 1. The molecule has 1 aliphatic carbocycles. The molecule has 0 bridgehead atoms. The first-order valence-electron chi connectivity index (χ1n) is 7.26. The van der Waals surface area contributed by atoms with Crippen molar-refractivity contribution in [1.82, 2.24) is 4.90 Å². The number of rotatable bonds is 1. The predicted molar refractivity (Wildman–Crippen MR) is 70.9 cm³/mol. The highest BCUT2D eigenvalue weighted by Gasteiger charge is 2.47. The molecule has 3 heteroatoms. The summed E-state index contributed by atoms with van der Waals surface area (Å²) in [5, 5.41) is 10.9. The molecule has 1 saturated heterocycles. The van der Waals surface area contributed by atoms with Gasteiger partial charge in [-0.1, -0.05) is 32.1 Å². The molecule has 0 aromatic carbocycles. The van der Waals surface area contributed by atoms with Crippen molar-refractivity contribution in [3.63, 3.8) is 0 Å². The van der Waals surface area contributed by atoms with Gasteiger partial charge in [-0.2, -0.15) is 0 Å². The highest BCUT2D eigenvalue weighted by Crippen LogP contribution is 2.39. The molecule has 0 amide bonds. The molecule has 1 aliphatic heterocycles. The standard InChI is InChI=1S/C14H28N2O/c1-16-11-9-14(17,10-12-16)13(15)7-5-3-2-4-6-8-13/h17H,2-12,15H2,1H3. The molecule has 3 N–H and O–H groups in total. The van der Waals surface area contributed by atoms with Gasteiger partial charge < -0.3 is 15.7 Å². The molecular formula is C14H28N2O. The molecule has 0 unspecified atom stereocenters. The van der Waals surface area contributed by atoms with Crippen LogP contribution < -0.4 is 5.73 Å². The monoisotopic (exact) mass is 240 g/mol. The van der Waals surface area contributed by atoms with E-state index in [1.807, 2.05) is 0 Å². The van der Waals surface area contributed by atoms with Crippen LogP contribution in [0.4, 0.5) is 0 Å². The molecular weight excluding hydrogens is 212 g/mol. The van der Waals surface area contributed by atoms with E-state index in [9.17, 15) is 5.11 Å². The Morgan fingerprint density at radius 1 is 0.882 bits per heavy atom. The summed E-state index contributed by atoms with van der Waals surface area (Å²) >= 11 is 0. The lowest BCUT2D eigenvalue weighted by Gasteiger charge is -2.49. The van der Waals surface area contributed by atoms with Gasteiger partial charge >= 0.3 is 0 Å². The zero-order valence-corrected chi connectivity index (χ0v) is 11.2. The van der Waals surface area contributed by atoms with E-state index in [4.69, 9.17) is 5.73 Å². The lowest BCUT2D eigenvalue weighted by Crippen LogP contribution is -2.64. The van der Waals surface area contributed by atoms with Crippen LogP contribution in [0.3, 0.4) is 0 Å². The molecule has 2 fully saturated rings. The van der Waals surface area contributed by atoms with E-state index in [-0.39, 0.29) is 5.54 Å². The summed E-state index contributed by atoms with van der Waals surface area (Å²) in [6, 6.07) is 0. The Morgan fingerprint density at radius 3 is 1.88 bits per heavy atom.